The fourth-order valence-corrected chi connectivity index (χ4v) is 4.25. The maximum atomic E-state index is 4.53. The van der Waals surface area contributed by atoms with Crippen LogP contribution in [0, 0.1) is 5.92 Å². The molecule has 0 saturated carbocycles. The predicted octanol–water partition coefficient (Wildman–Crippen LogP) is 5.07. The van der Waals surface area contributed by atoms with E-state index >= 15 is 0 Å². The second-order valence-electron chi connectivity index (χ2n) is 7.95. The molecule has 1 fully saturated rings. The molecule has 0 bridgehead atoms. The molecule has 2 aromatic carbocycles. The van der Waals surface area contributed by atoms with Gasteiger partial charge in [-0.3, -0.25) is 4.90 Å². The molecule has 3 aromatic rings. The van der Waals surface area contributed by atoms with Crippen molar-refractivity contribution in [1.29, 1.82) is 0 Å². The van der Waals surface area contributed by atoms with Crippen LogP contribution < -0.4 is 0 Å². The molecule has 0 amide bonds. The van der Waals surface area contributed by atoms with Gasteiger partial charge in [-0.05, 0) is 48.2 Å². The zero-order valence-electron chi connectivity index (χ0n) is 15.9. The summed E-state index contributed by atoms with van der Waals surface area (Å²) in [6.45, 7) is 9.03. The number of hydrogen-bond acceptors (Lipinski definition) is 2. The molecule has 26 heavy (non-hydrogen) atoms. The van der Waals surface area contributed by atoms with Crippen molar-refractivity contribution in [1.82, 2.24) is 14.5 Å². The number of rotatable bonds is 5. The minimum absolute atomic E-state index is 0.497. The van der Waals surface area contributed by atoms with Crippen molar-refractivity contribution in [3.63, 3.8) is 0 Å². The summed E-state index contributed by atoms with van der Waals surface area (Å²) in [6.07, 6.45) is 6.66. The van der Waals surface area contributed by atoms with Gasteiger partial charge >= 0.3 is 0 Å². The van der Waals surface area contributed by atoms with Gasteiger partial charge in [-0.15, -0.1) is 0 Å². The standard InChI is InChI=1S/C23H29N3/c1-18(2)23-24-12-15-26(23)16-19-10-13-25(14-11-19)17-21-8-5-7-20-6-3-4-9-22(20)21/h3-9,12,15,18-19H,10-11,13-14,16-17H2,1-2H3. The first-order valence-corrected chi connectivity index (χ1v) is 9.90. The topological polar surface area (TPSA) is 21.1 Å². The number of piperidine rings is 1. The highest BCUT2D eigenvalue weighted by Crippen LogP contribution is 2.25. The van der Waals surface area contributed by atoms with Crippen molar-refractivity contribution in [2.45, 2.75) is 45.7 Å². The first kappa shape index (κ1) is 17.3. The molecule has 3 heteroatoms. The van der Waals surface area contributed by atoms with Gasteiger partial charge in [-0.1, -0.05) is 56.3 Å². The van der Waals surface area contributed by atoms with E-state index < -0.39 is 0 Å². The lowest BCUT2D eigenvalue weighted by molar-refractivity contribution is 0.167. The summed E-state index contributed by atoms with van der Waals surface area (Å²) in [4.78, 5) is 7.15. The Bertz CT molecular complexity index is 851. The third-order valence-electron chi connectivity index (χ3n) is 5.70. The summed E-state index contributed by atoms with van der Waals surface area (Å²) in [5.41, 5.74) is 1.46. The van der Waals surface area contributed by atoms with E-state index in [0.29, 0.717) is 5.92 Å². The van der Waals surface area contributed by atoms with Gasteiger partial charge in [0, 0.05) is 31.4 Å². The third-order valence-corrected chi connectivity index (χ3v) is 5.70. The number of likely N-dealkylation sites (tertiary alicyclic amines) is 1. The van der Waals surface area contributed by atoms with E-state index in [-0.39, 0.29) is 0 Å². The van der Waals surface area contributed by atoms with Crippen molar-refractivity contribution in [3.05, 3.63) is 66.2 Å². The minimum Gasteiger partial charge on any atom is -0.334 e. The highest BCUT2D eigenvalue weighted by Gasteiger charge is 2.21. The van der Waals surface area contributed by atoms with Crippen molar-refractivity contribution >= 4 is 10.8 Å². The van der Waals surface area contributed by atoms with Gasteiger partial charge in [0.1, 0.15) is 5.82 Å². The van der Waals surface area contributed by atoms with E-state index in [4.69, 9.17) is 0 Å². The lowest BCUT2D eigenvalue weighted by atomic mass is 9.95. The van der Waals surface area contributed by atoms with Crippen LogP contribution in [0.15, 0.2) is 54.9 Å². The second kappa shape index (κ2) is 7.63. The molecule has 0 atom stereocenters. The van der Waals surface area contributed by atoms with Crippen molar-refractivity contribution in [2.75, 3.05) is 13.1 Å². The van der Waals surface area contributed by atoms with Crippen LogP contribution in [0.2, 0.25) is 0 Å². The first-order valence-electron chi connectivity index (χ1n) is 9.90. The average Bonchev–Trinajstić information content (AvgIpc) is 3.12. The van der Waals surface area contributed by atoms with E-state index in [9.17, 15) is 0 Å². The molecule has 1 aliphatic heterocycles. The summed E-state index contributed by atoms with van der Waals surface area (Å²) in [6, 6.07) is 15.4. The lowest BCUT2D eigenvalue weighted by Gasteiger charge is -2.32. The van der Waals surface area contributed by atoms with Crippen LogP contribution >= 0.6 is 0 Å². The van der Waals surface area contributed by atoms with Crippen LogP contribution in [0.3, 0.4) is 0 Å². The zero-order chi connectivity index (χ0) is 17.9. The molecule has 1 aromatic heterocycles. The molecule has 4 rings (SSSR count). The summed E-state index contributed by atoms with van der Waals surface area (Å²) < 4.78 is 2.37. The molecule has 0 N–H and O–H groups in total. The Labute approximate surface area is 156 Å². The summed E-state index contributed by atoms with van der Waals surface area (Å²) in [7, 11) is 0. The van der Waals surface area contributed by atoms with Gasteiger partial charge in [-0.2, -0.15) is 0 Å². The van der Waals surface area contributed by atoms with E-state index in [1.807, 2.05) is 6.20 Å². The van der Waals surface area contributed by atoms with Gasteiger partial charge in [0.05, 0.1) is 0 Å². The number of hydrogen-bond donors (Lipinski definition) is 0. The van der Waals surface area contributed by atoms with Crippen molar-refractivity contribution < 1.29 is 0 Å². The van der Waals surface area contributed by atoms with Crippen LogP contribution in [-0.4, -0.2) is 27.5 Å². The maximum Gasteiger partial charge on any atom is 0.111 e. The largest absolute Gasteiger partial charge is 0.334 e. The van der Waals surface area contributed by atoms with Gasteiger partial charge in [0.25, 0.3) is 0 Å². The molecule has 0 unspecified atom stereocenters. The number of aromatic nitrogens is 2. The van der Waals surface area contributed by atoms with Crippen LogP contribution in [0.25, 0.3) is 10.8 Å². The van der Waals surface area contributed by atoms with Gasteiger partial charge in [-0.25, -0.2) is 4.98 Å². The van der Waals surface area contributed by atoms with Crippen LogP contribution in [0.5, 0.6) is 0 Å². The number of nitrogens with zero attached hydrogens (tertiary/aromatic N) is 3. The predicted molar refractivity (Wildman–Crippen MR) is 108 cm³/mol. The summed E-state index contributed by atoms with van der Waals surface area (Å²) >= 11 is 0. The second-order valence-corrected chi connectivity index (χ2v) is 7.95. The quantitative estimate of drug-likeness (QED) is 0.642. The highest BCUT2D eigenvalue weighted by molar-refractivity contribution is 5.85. The van der Waals surface area contributed by atoms with Crippen molar-refractivity contribution in [3.8, 4) is 0 Å². The van der Waals surface area contributed by atoms with Gasteiger partial charge in [0.2, 0.25) is 0 Å². The van der Waals surface area contributed by atoms with Crippen LogP contribution in [0.1, 0.15) is 44.0 Å². The Morgan fingerprint density at radius 3 is 2.62 bits per heavy atom. The lowest BCUT2D eigenvalue weighted by Crippen LogP contribution is -2.34. The average molecular weight is 348 g/mol. The minimum atomic E-state index is 0.497. The molecular formula is C23H29N3. The van der Waals surface area contributed by atoms with Gasteiger partial charge < -0.3 is 4.57 Å². The van der Waals surface area contributed by atoms with Crippen LogP contribution in [0.4, 0.5) is 0 Å². The van der Waals surface area contributed by atoms with Gasteiger partial charge in [0.15, 0.2) is 0 Å². The van der Waals surface area contributed by atoms with E-state index in [0.717, 1.165) is 19.0 Å². The molecule has 1 aliphatic rings. The fourth-order valence-electron chi connectivity index (χ4n) is 4.25. The molecular weight excluding hydrogens is 318 g/mol. The summed E-state index contributed by atoms with van der Waals surface area (Å²) in [5, 5.41) is 2.75. The monoisotopic (exact) mass is 347 g/mol. The van der Waals surface area contributed by atoms with E-state index in [1.54, 1.807) is 0 Å². The molecule has 1 saturated heterocycles. The normalized spacial score (nSPS) is 16.6. The Kier molecular flexibility index (Phi) is 5.07. The van der Waals surface area contributed by atoms with Crippen LogP contribution in [-0.2, 0) is 13.1 Å². The third kappa shape index (κ3) is 3.68. The Morgan fingerprint density at radius 2 is 1.81 bits per heavy atom. The number of imidazole rings is 1. The Hall–Kier alpha value is -2.13. The molecule has 136 valence electrons. The Balaban J connectivity index is 1.37. The number of benzene rings is 2. The fraction of sp³-hybridized carbons (Fsp3) is 0.435. The SMILES string of the molecule is CC(C)c1nccn1CC1CCN(Cc2cccc3ccccc23)CC1. The first-order chi connectivity index (χ1) is 12.7. The maximum absolute atomic E-state index is 4.53. The molecule has 0 radical (unpaired) electrons. The molecule has 3 nitrogen and oxygen atoms in total. The smallest absolute Gasteiger partial charge is 0.111 e. The molecule has 0 aliphatic carbocycles. The Morgan fingerprint density at radius 1 is 1.04 bits per heavy atom. The van der Waals surface area contributed by atoms with E-state index in [1.165, 1.54) is 48.1 Å². The molecule has 0 spiro atoms. The number of fused-ring (bicyclic) bond motifs is 1. The summed E-state index contributed by atoms with van der Waals surface area (Å²) in [5.74, 6) is 2.49. The zero-order valence-corrected chi connectivity index (χ0v) is 15.9. The highest BCUT2D eigenvalue weighted by atomic mass is 15.1. The van der Waals surface area contributed by atoms with Crippen molar-refractivity contribution in [2.24, 2.45) is 5.92 Å². The molecule has 2 heterocycles. The van der Waals surface area contributed by atoms with E-state index in [2.05, 4.69) is 77.0 Å².